The van der Waals surface area contributed by atoms with Crippen LogP contribution >= 0.6 is 9.24 Å². The van der Waals surface area contributed by atoms with Gasteiger partial charge in [-0.25, -0.2) is 9.69 Å². The highest BCUT2D eigenvalue weighted by Gasteiger charge is 2.46. The quantitative estimate of drug-likeness (QED) is 0.0699. The summed E-state index contributed by atoms with van der Waals surface area (Å²) >= 11 is 0. The molecule has 0 aromatic heterocycles. The van der Waals surface area contributed by atoms with Gasteiger partial charge in [0.25, 0.3) is 17.7 Å². The van der Waals surface area contributed by atoms with E-state index in [1.54, 1.807) is 24.3 Å². The van der Waals surface area contributed by atoms with Crippen LogP contribution in [0, 0.1) is 5.41 Å². The van der Waals surface area contributed by atoms with E-state index in [1.165, 1.54) is 36.3 Å². The van der Waals surface area contributed by atoms with Crippen molar-refractivity contribution in [2.75, 3.05) is 50.1 Å². The molecule has 1 saturated heterocycles. The molecule has 3 heterocycles. The number of nitrogens with zero attached hydrogens (tertiary/aromatic N) is 3. The molecule has 3 N–H and O–H groups in total. The average Bonchev–Trinajstić information content (AvgIpc) is 3.75. The summed E-state index contributed by atoms with van der Waals surface area (Å²) in [6, 6.07) is 9.42. The number of methoxy groups -OCH3 is 1. The second kappa shape index (κ2) is 20.7. The van der Waals surface area contributed by atoms with Crippen molar-refractivity contribution in [2.24, 2.45) is 5.41 Å². The van der Waals surface area contributed by atoms with Gasteiger partial charge in [-0.1, -0.05) is 45.1 Å². The van der Waals surface area contributed by atoms with Crippen molar-refractivity contribution in [3.05, 3.63) is 71.8 Å². The van der Waals surface area contributed by atoms with Crippen LogP contribution in [0.2, 0.25) is 0 Å². The lowest BCUT2D eigenvalue weighted by atomic mass is 9.69. The van der Waals surface area contributed by atoms with Gasteiger partial charge < -0.3 is 44.3 Å². The summed E-state index contributed by atoms with van der Waals surface area (Å²) in [4.78, 5) is 80.2. The van der Waals surface area contributed by atoms with Gasteiger partial charge in [0.15, 0.2) is 17.7 Å². The Kier molecular flexibility index (Phi) is 16.0. The highest BCUT2D eigenvalue weighted by molar-refractivity contribution is 7.17. The Bertz CT molecular complexity index is 2040. The summed E-state index contributed by atoms with van der Waals surface area (Å²) in [5.74, 6) is -0.841. The standard InChI is InChI=1S/C44H59BN5O11P/c1-27-22-33-40(55)50(32-24-35(59-20-15-28(2)62)34(58-7)23-31(32)39(54)49(33)25-27)42(57)60-26-29-8-10-30(11-9-29)47-45-41(56)43(3,4)17-21-61-44(5,6)16-18-46-36(51)14-19-48-37(52)12-13-38(48)53/h8-13,23-24,28,33,40,45,47,55H,1,14-22,25-26,62H2,2-7H3,(H,46,51)/t28?,33-,40-/m0/s1. The number of aliphatic hydroxyl groups is 1. The molecule has 0 bridgehead atoms. The number of fused-ring (bicyclic) bond motifs is 2. The van der Waals surface area contributed by atoms with E-state index in [0.29, 0.717) is 67.4 Å². The fraction of sp³-hybridized carbons (Fsp3) is 0.500. The van der Waals surface area contributed by atoms with E-state index < -0.39 is 41.2 Å². The van der Waals surface area contributed by atoms with Gasteiger partial charge >= 0.3 is 13.5 Å². The Morgan fingerprint density at radius 1 is 1.02 bits per heavy atom. The SMILES string of the molecule is C=C1C[C@H]2[C@H](O)N(C(=O)OCc3ccc(NBC(=O)C(C)(C)CCOC(C)(C)CCNC(=O)CCN4C(=O)C=CC4=O)cc3)c3cc(OCCC(C)P)c(OC)cc3C(=O)N2C1. The number of amides is 5. The van der Waals surface area contributed by atoms with E-state index in [-0.39, 0.29) is 62.3 Å². The maximum Gasteiger partial charge on any atom is 0.416 e. The fourth-order valence-electron chi connectivity index (χ4n) is 7.15. The molecular formula is C44H59BN5O11P. The lowest BCUT2D eigenvalue weighted by Crippen LogP contribution is -2.50. The first-order valence-electron chi connectivity index (χ1n) is 20.8. The maximum atomic E-state index is 13.9. The molecule has 2 aromatic carbocycles. The zero-order chi connectivity index (χ0) is 45.4. The minimum atomic E-state index is -1.43. The largest absolute Gasteiger partial charge is 0.493 e. The fourth-order valence-corrected chi connectivity index (χ4v) is 7.28. The minimum absolute atomic E-state index is 0.0133. The molecule has 3 aliphatic heterocycles. The molecule has 4 atom stereocenters. The lowest BCUT2D eigenvalue weighted by molar-refractivity contribution is -0.137. The van der Waals surface area contributed by atoms with E-state index in [2.05, 4.69) is 26.4 Å². The zero-order valence-electron chi connectivity index (χ0n) is 36.5. The third-order valence-electron chi connectivity index (χ3n) is 11.2. The number of aliphatic hydroxyl groups excluding tert-OH is 1. The third kappa shape index (κ3) is 12.2. The Morgan fingerprint density at radius 2 is 1.71 bits per heavy atom. The molecule has 16 nitrogen and oxygen atoms in total. The topological polar surface area (TPSA) is 193 Å². The highest BCUT2D eigenvalue weighted by atomic mass is 31.0. The van der Waals surface area contributed by atoms with Crippen LogP contribution in [0.25, 0.3) is 0 Å². The molecule has 1 fully saturated rings. The van der Waals surface area contributed by atoms with Crippen molar-refractivity contribution >= 4 is 63.4 Å². The molecule has 5 amide bonds. The van der Waals surface area contributed by atoms with Crippen molar-refractivity contribution in [1.82, 2.24) is 15.1 Å². The summed E-state index contributed by atoms with van der Waals surface area (Å²) in [6.45, 7) is 14.8. The number of imide groups is 1. The Morgan fingerprint density at radius 3 is 2.37 bits per heavy atom. The molecule has 2 aromatic rings. The van der Waals surface area contributed by atoms with Crippen LogP contribution in [0.3, 0.4) is 0 Å². The molecule has 18 heteroatoms. The maximum absolute atomic E-state index is 13.9. The van der Waals surface area contributed by atoms with Gasteiger partial charge in [-0.3, -0.25) is 24.1 Å². The summed E-state index contributed by atoms with van der Waals surface area (Å²) in [5.41, 5.74) is 1.43. The van der Waals surface area contributed by atoms with Crippen LogP contribution in [0.1, 0.15) is 82.6 Å². The lowest BCUT2D eigenvalue weighted by Gasteiger charge is -2.31. The van der Waals surface area contributed by atoms with Gasteiger partial charge in [0.1, 0.15) is 12.3 Å². The zero-order valence-corrected chi connectivity index (χ0v) is 37.6. The molecule has 5 rings (SSSR count). The average molecular weight is 876 g/mol. The van der Waals surface area contributed by atoms with E-state index in [1.807, 2.05) is 34.6 Å². The van der Waals surface area contributed by atoms with Crippen molar-refractivity contribution in [1.29, 1.82) is 0 Å². The number of anilines is 2. The molecule has 62 heavy (non-hydrogen) atoms. The molecular weight excluding hydrogens is 816 g/mol. The van der Waals surface area contributed by atoms with E-state index >= 15 is 0 Å². The summed E-state index contributed by atoms with van der Waals surface area (Å²) in [7, 11) is 4.26. The van der Waals surface area contributed by atoms with Crippen LogP contribution in [0.15, 0.2) is 60.7 Å². The Labute approximate surface area is 366 Å². The first-order chi connectivity index (χ1) is 29.3. The molecule has 0 radical (unpaired) electrons. The normalized spacial score (nSPS) is 18.0. The van der Waals surface area contributed by atoms with Gasteiger partial charge in [0, 0.05) is 62.0 Å². The Balaban J connectivity index is 1.10. The smallest absolute Gasteiger partial charge is 0.416 e. The van der Waals surface area contributed by atoms with Gasteiger partial charge in [-0.05, 0) is 69.0 Å². The van der Waals surface area contributed by atoms with Crippen LogP contribution in [-0.4, -0.2) is 121 Å². The van der Waals surface area contributed by atoms with Gasteiger partial charge in [0.05, 0.1) is 36.6 Å². The van der Waals surface area contributed by atoms with Gasteiger partial charge in [0.2, 0.25) is 5.91 Å². The first kappa shape index (κ1) is 47.8. The van der Waals surface area contributed by atoms with E-state index in [9.17, 15) is 33.9 Å². The number of nitrogens with one attached hydrogen (secondary N) is 2. The van der Waals surface area contributed by atoms with Crippen LogP contribution in [-0.2, 0) is 35.3 Å². The first-order valence-corrected chi connectivity index (χ1v) is 21.5. The highest BCUT2D eigenvalue weighted by Crippen LogP contribution is 2.42. The minimum Gasteiger partial charge on any atom is -0.493 e. The predicted octanol–water partition coefficient (Wildman–Crippen LogP) is 4.30. The molecule has 0 spiro atoms. The number of hydrogen-bond donors (Lipinski definition) is 3. The number of benzene rings is 2. The van der Waals surface area contributed by atoms with Gasteiger partial charge in [-0.15, -0.1) is 9.24 Å². The molecule has 3 aliphatic rings. The van der Waals surface area contributed by atoms with E-state index in [4.69, 9.17) is 18.9 Å². The number of carbonyl (C=O) groups excluding carboxylic acids is 6. The van der Waals surface area contributed by atoms with Crippen molar-refractivity contribution in [3.63, 3.8) is 0 Å². The number of rotatable bonds is 21. The van der Waals surface area contributed by atoms with Crippen molar-refractivity contribution in [2.45, 2.75) is 96.9 Å². The van der Waals surface area contributed by atoms with Crippen LogP contribution < -0.4 is 24.9 Å². The third-order valence-corrected chi connectivity index (χ3v) is 11.6. The number of hydrogen-bond acceptors (Lipinski definition) is 12. The Hall–Kier alpha value is -5.25. The van der Waals surface area contributed by atoms with Crippen molar-refractivity contribution < 1.29 is 52.8 Å². The molecule has 0 aliphatic carbocycles. The van der Waals surface area contributed by atoms with E-state index in [0.717, 1.165) is 21.8 Å². The molecule has 0 saturated carbocycles. The predicted molar refractivity (Wildman–Crippen MR) is 238 cm³/mol. The summed E-state index contributed by atoms with van der Waals surface area (Å²) in [6.07, 6.45) is 2.14. The second-order valence-electron chi connectivity index (χ2n) is 17.2. The van der Waals surface area contributed by atoms with Crippen molar-refractivity contribution in [3.8, 4) is 11.5 Å². The van der Waals surface area contributed by atoms with Crippen LogP contribution in [0.4, 0.5) is 16.2 Å². The number of ether oxygens (including phenoxy) is 4. The molecule has 334 valence electrons. The number of carbonyl (C=O) groups is 6. The summed E-state index contributed by atoms with van der Waals surface area (Å²) in [5, 5.41) is 17.6. The molecule has 2 unspecified atom stereocenters. The second-order valence-corrected chi connectivity index (χ2v) is 18.3. The monoisotopic (exact) mass is 875 g/mol. The van der Waals surface area contributed by atoms with Gasteiger partial charge in [-0.2, -0.15) is 0 Å². The van der Waals surface area contributed by atoms with Crippen LogP contribution in [0.5, 0.6) is 11.5 Å². The summed E-state index contributed by atoms with van der Waals surface area (Å²) < 4.78 is 23.4.